The molecule has 4 atom stereocenters. The number of hydrogen-bond acceptors (Lipinski definition) is 0. The van der Waals surface area contributed by atoms with E-state index in [1.165, 1.54) is 57.8 Å². The molecule has 1 aromatic carbocycles. The Labute approximate surface area is 131 Å². The second-order valence-electron chi connectivity index (χ2n) is 7.62. The Bertz CT molecular complexity index is 407. The fourth-order valence-corrected chi connectivity index (χ4v) is 4.96. The van der Waals surface area contributed by atoms with E-state index in [0.29, 0.717) is 0 Å². The second-order valence-corrected chi connectivity index (χ2v) is 7.62. The van der Waals surface area contributed by atoms with Gasteiger partial charge in [-0.3, -0.25) is 0 Å². The van der Waals surface area contributed by atoms with Crippen LogP contribution in [0.2, 0.25) is 0 Å². The van der Waals surface area contributed by atoms with Crippen molar-refractivity contribution in [1.29, 1.82) is 0 Å². The summed E-state index contributed by atoms with van der Waals surface area (Å²) in [6.07, 6.45) is 14.8. The van der Waals surface area contributed by atoms with Crippen LogP contribution < -0.4 is 0 Å². The average molecular weight is 284 g/mol. The van der Waals surface area contributed by atoms with Gasteiger partial charge in [0.25, 0.3) is 0 Å². The molecule has 21 heavy (non-hydrogen) atoms. The van der Waals surface area contributed by atoms with Crippen molar-refractivity contribution in [3.63, 3.8) is 0 Å². The minimum Gasteiger partial charge on any atom is -0.0654 e. The average Bonchev–Trinajstić information content (AvgIpc) is 2.55. The Hall–Kier alpha value is -0.780. The van der Waals surface area contributed by atoms with Gasteiger partial charge >= 0.3 is 0 Å². The zero-order valence-electron chi connectivity index (χ0n) is 13.8. The second kappa shape index (κ2) is 7.47. The van der Waals surface area contributed by atoms with E-state index < -0.39 is 0 Å². The minimum absolute atomic E-state index is 0.851. The predicted molar refractivity (Wildman–Crippen MR) is 91.5 cm³/mol. The predicted octanol–water partition coefficient (Wildman–Crippen LogP) is 6.57. The number of benzene rings is 1. The summed E-state index contributed by atoms with van der Waals surface area (Å²) in [4.78, 5) is 0. The topological polar surface area (TPSA) is 0 Å². The zero-order valence-corrected chi connectivity index (χ0v) is 13.8. The molecule has 0 spiro atoms. The molecule has 0 aromatic heterocycles. The number of fused-ring (bicyclic) bond motifs is 1. The standard InChI is InChI=1S/C21H32/c1-2-3-5-8-17-11-12-21-16-20(14-13-19(21)15-17)18-9-6-4-7-10-18/h4,6-7,9-10,17,19-21H,2-3,5,8,11-16H2,1H3/t17?,19-,20-,21?/m1/s1. The van der Waals surface area contributed by atoms with E-state index in [0.717, 1.165) is 23.7 Å². The Kier molecular flexibility index (Phi) is 5.38. The summed E-state index contributed by atoms with van der Waals surface area (Å²) in [5.74, 6) is 4.01. The van der Waals surface area contributed by atoms with E-state index in [-0.39, 0.29) is 0 Å². The van der Waals surface area contributed by atoms with Crippen molar-refractivity contribution < 1.29 is 0 Å². The van der Waals surface area contributed by atoms with Crippen molar-refractivity contribution in [2.45, 2.75) is 77.0 Å². The number of rotatable bonds is 5. The highest BCUT2D eigenvalue weighted by atomic mass is 14.4. The van der Waals surface area contributed by atoms with Crippen molar-refractivity contribution in [3.05, 3.63) is 35.9 Å². The van der Waals surface area contributed by atoms with Crippen LogP contribution in [0.25, 0.3) is 0 Å². The molecule has 2 saturated carbocycles. The van der Waals surface area contributed by atoms with Crippen LogP contribution in [0.3, 0.4) is 0 Å². The lowest BCUT2D eigenvalue weighted by atomic mass is 9.63. The molecular formula is C21H32. The van der Waals surface area contributed by atoms with Gasteiger partial charge in [-0.2, -0.15) is 0 Å². The van der Waals surface area contributed by atoms with Gasteiger partial charge in [0.2, 0.25) is 0 Å². The molecule has 116 valence electrons. The van der Waals surface area contributed by atoms with Gasteiger partial charge in [-0.05, 0) is 61.3 Å². The van der Waals surface area contributed by atoms with Gasteiger partial charge in [0.15, 0.2) is 0 Å². The van der Waals surface area contributed by atoms with Gasteiger partial charge < -0.3 is 0 Å². The summed E-state index contributed by atoms with van der Waals surface area (Å²) in [5, 5.41) is 0. The largest absolute Gasteiger partial charge is 0.0654 e. The quantitative estimate of drug-likeness (QED) is 0.537. The molecule has 2 aliphatic rings. The van der Waals surface area contributed by atoms with E-state index in [9.17, 15) is 0 Å². The van der Waals surface area contributed by atoms with E-state index in [1.54, 1.807) is 12.0 Å². The first-order chi connectivity index (χ1) is 10.4. The minimum atomic E-state index is 0.851. The van der Waals surface area contributed by atoms with Gasteiger partial charge in [0, 0.05) is 0 Å². The Morgan fingerprint density at radius 2 is 1.62 bits per heavy atom. The molecule has 0 heteroatoms. The molecule has 2 fully saturated rings. The van der Waals surface area contributed by atoms with Crippen molar-refractivity contribution in [2.75, 3.05) is 0 Å². The van der Waals surface area contributed by atoms with E-state index in [1.807, 2.05) is 0 Å². The highest BCUT2D eigenvalue weighted by Gasteiger charge is 2.35. The molecule has 0 aliphatic heterocycles. The summed E-state index contributed by atoms with van der Waals surface area (Å²) in [5.41, 5.74) is 1.60. The zero-order chi connectivity index (χ0) is 14.5. The van der Waals surface area contributed by atoms with Crippen LogP contribution in [-0.2, 0) is 0 Å². The van der Waals surface area contributed by atoms with E-state index >= 15 is 0 Å². The molecule has 0 N–H and O–H groups in total. The molecule has 0 saturated heterocycles. The molecule has 2 unspecified atom stereocenters. The van der Waals surface area contributed by atoms with Crippen molar-refractivity contribution >= 4 is 0 Å². The maximum Gasteiger partial charge on any atom is -0.0159 e. The lowest BCUT2D eigenvalue weighted by Gasteiger charge is -2.42. The van der Waals surface area contributed by atoms with E-state index in [4.69, 9.17) is 0 Å². The first-order valence-corrected chi connectivity index (χ1v) is 9.41. The third-order valence-electron chi connectivity index (χ3n) is 6.21. The van der Waals surface area contributed by atoms with Crippen molar-refractivity contribution in [3.8, 4) is 0 Å². The lowest BCUT2D eigenvalue weighted by molar-refractivity contribution is 0.113. The maximum absolute atomic E-state index is 2.35. The fourth-order valence-electron chi connectivity index (χ4n) is 4.96. The van der Waals surface area contributed by atoms with Gasteiger partial charge in [-0.15, -0.1) is 0 Å². The van der Waals surface area contributed by atoms with Gasteiger partial charge in [-0.1, -0.05) is 69.4 Å². The van der Waals surface area contributed by atoms with Crippen molar-refractivity contribution in [2.24, 2.45) is 17.8 Å². The highest BCUT2D eigenvalue weighted by molar-refractivity contribution is 5.20. The van der Waals surface area contributed by atoms with Crippen LogP contribution in [0.5, 0.6) is 0 Å². The van der Waals surface area contributed by atoms with Crippen LogP contribution in [0.4, 0.5) is 0 Å². The molecule has 3 rings (SSSR count). The summed E-state index contributed by atoms with van der Waals surface area (Å²) in [7, 11) is 0. The summed E-state index contributed by atoms with van der Waals surface area (Å²) in [6.45, 7) is 2.32. The lowest BCUT2D eigenvalue weighted by Crippen LogP contribution is -2.30. The Morgan fingerprint density at radius 1 is 0.857 bits per heavy atom. The first-order valence-electron chi connectivity index (χ1n) is 9.41. The van der Waals surface area contributed by atoms with Crippen LogP contribution in [-0.4, -0.2) is 0 Å². The van der Waals surface area contributed by atoms with Crippen LogP contribution in [0.1, 0.15) is 82.6 Å². The monoisotopic (exact) mass is 284 g/mol. The maximum atomic E-state index is 2.35. The van der Waals surface area contributed by atoms with Crippen molar-refractivity contribution in [1.82, 2.24) is 0 Å². The highest BCUT2D eigenvalue weighted by Crippen LogP contribution is 2.48. The smallest absolute Gasteiger partial charge is 0.0159 e. The summed E-state index contributed by atoms with van der Waals surface area (Å²) < 4.78 is 0. The Morgan fingerprint density at radius 3 is 2.43 bits per heavy atom. The number of unbranched alkanes of at least 4 members (excludes halogenated alkanes) is 2. The first kappa shape index (κ1) is 15.1. The summed E-state index contributed by atoms with van der Waals surface area (Å²) >= 11 is 0. The molecule has 0 bridgehead atoms. The SMILES string of the molecule is CCCCCC1CCC2C[C@H](c3ccccc3)CC[C@@H]2C1. The van der Waals surface area contributed by atoms with Crippen LogP contribution in [0.15, 0.2) is 30.3 Å². The van der Waals surface area contributed by atoms with Gasteiger partial charge in [0.05, 0.1) is 0 Å². The third kappa shape index (κ3) is 3.90. The Balaban J connectivity index is 1.51. The van der Waals surface area contributed by atoms with Crippen LogP contribution >= 0.6 is 0 Å². The molecular weight excluding hydrogens is 252 g/mol. The molecule has 0 heterocycles. The number of hydrogen-bond donors (Lipinski definition) is 0. The van der Waals surface area contributed by atoms with Crippen LogP contribution in [0, 0.1) is 17.8 Å². The molecule has 0 amide bonds. The molecule has 0 radical (unpaired) electrons. The molecule has 0 nitrogen and oxygen atoms in total. The fraction of sp³-hybridized carbons (Fsp3) is 0.714. The summed E-state index contributed by atoms with van der Waals surface area (Å²) in [6, 6.07) is 11.3. The molecule has 1 aromatic rings. The van der Waals surface area contributed by atoms with Gasteiger partial charge in [-0.25, -0.2) is 0 Å². The normalized spacial score (nSPS) is 32.6. The van der Waals surface area contributed by atoms with Gasteiger partial charge in [0.1, 0.15) is 0 Å². The molecule has 2 aliphatic carbocycles. The van der Waals surface area contributed by atoms with E-state index in [2.05, 4.69) is 37.3 Å². The third-order valence-corrected chi connectivity index (χ3v) is 6.21.